The molecule has 0 radical (unpaired) electrons. The average molecular weight is 321 g/mol. The maximum absolute atomic E-state index is 13.1. The van der Waals surface area contributed by atoms with E-state index in [1.807, 2.05) is 0 Å². The first kappa shape index (κ1) is 13.9. The highest BCUT2D eigenvalue weighted by atomic mass is 79.9. The predicted octanol–water partition coefficient (Wildman–Crippen LogP) is 4.96. The Labute approximate surface area is 114 Å². The Balaban J connectivity index is 1.89. The molecule has 1 aromatic rings. The van der Waals surface area contributed by atoms with E-state index in [0.717, 1.165) is 12.0 Å². The van der Waals surface area contributed by atoms with E-state index >= 15 is 0 Å². The first-order chi connectivity index (χ1) is 8.46. The van der Waals surface area contributed by atoms with Gasteiger partial charge in [-0.3, -0.25) is 0 Å². The van der Waals surface area contributed by atoms with Gasteiger partial charge in [0, 0.05) is 17.7 Å². The van der Waals surface area contributed by atoms with Gasteiger partial charge in [0.05, 0.1) is 0 Å². The van der Waals surface area contributed by atoms with Gasteiger partial charge in [0.25, 0.3) is 0 Å². The fraction of sp³-hybridized carbons (Fsp3) is 0.571. The molecule has 0 spiro atoms. The van der Waals surface area contributed by atoms with Gasteiger partial charge in [0.2, 0.25) is 5.92 Å². The van der Waals surface area contributed by atoms with Crippen LogP contribution in [0.5, 0.6) is 0 Å². The van der Waals surface area contributed by atoms with E-state index in [-0.39, 0.29) is 29.4 Å². The molecule has 4 heteroatoms. The molecule has 2 rings (SSSR count). The lowest BCUT2D eigenvalue weighted by Gasteiger charge is -2.31. The van der Waals surface area contributed by atoms with E-state index in [9.17, 15) is 13.2 Å². The molecular weight excluding hydrogens is 305 g/mol. The van der Waals surface area contributed by atoms with Gasteiger partial charge in [0.1, 0.15) is 5.82 Å². The molecule has 1 atom stereocenters. The summed E-state index contributed by atoms with van der Waals surface area (Å²) < 4.78 is 38.9. The van der Waals surface area contributed by atoms with Crippen LogP contribution in [0, 0.1) is 11.7 Å². The van der Waals surface area contributed by atoms with Crippen LogP contribution in [-0.2, 0) is 6.42 Å². The van der Waals surface area contributed by atoms with Gasteiger partial charge in [-0.25, -0.2) is 13.2 Å². The standard InChI is InChI=1S/C14H16BrF3/c15-13(9-10-1-3-12(16)4-2-10)11-5-7-14(17,18)8-6-11/h1-4,11,13H,5-9H2. The molecular formula is C14H16BrF3. The molecule has 1 aliphatic rings. The van der Waals surface area contributed by atoms with E-state index in [2.05, 4.69) is 15.9 Å². The lowest BCUT2D eigenvalue weighted by molar-refractivity contribution is -0.0456. The quantitative estimate of drug-likeness (QED) is 0.691. The second-order valence-corrected chi connectivity index (χ2v) is 6.22. The fourth-order valence-electron chi connectivity index (χ4n) is 2.44. The summed E-state index contributed by atoms with van der Waals surface area (Å²) in [5.41, 5.74) is 1.04. The lowest BCUT2D eigenvalue weighted by Crippen LogP contribution is -2.29. The van der Waals surface area contributed by atoms with Crippen molar-refractivity contribution in [2.24, 2.45) is 5.92 Å². The van der Waals surface area contributed by atoms with Crippen LogP contribution < -0.4 is 0 Å². The molecule has 0 aliphatic heterocycles. The summed E-state index contributed by atoms with van der Waals surface area (Å²) >= 11 is 3.59. The zero-order valence-corrected chi connectivity index (χ0v) is 11.6. The van der Waals surface area contributed by atoms with Gasteiger partial charge in [-0.2, -0.15) is 0 Å². The van der Waals surface area contributed by atoms with E-state index < -0.39 is 5.92 Å². The van der Waals surface area contributed by atoms with Crippen molar-refractivity contribution in [1.82, 2.24) is 0 Å². The molecule has 0 bridgehead atoms. The maximum Gasteiger partial charge on any atom is 0.248 e. The van der Waals surface area contributed by atoms with E-state index in [1.165, 1.54) is 12.1 Å². The summed E-state index contributed by atoms with van der Waals surface area (Å²) in [6.07, 6.45) is 1.86. The molecule has 1 saturated carbocycles. The Hall–Kier alpha value is -0.510. The third kappa shape index (κ3) is 3.74. The van der Waals surface area contributed by atoms with Crippen LogP contribution in [-0.4, -0.2) is 10.7 Å². The normalized spacial score (nSPS) is 21.8. The summed E-state index contributed by atoms with van der Waals surface area (Å²) in [5.74, 6) is -2.43. The number of hydrogen-bond donors (Lipinski definition) is 0. The van der Waals surface area contributed by atoms with Crippen molar-refractivity contribution in [2.75, 3.05) is 0 Å². The number of alkyl halides is 3. The highest BCUT2D eigenvalue weighted by molar-refractivity contribution is 9.09. The van der Waals surface area contributed by atoms with Crippen LogP contribution in [0.2, 0.25) is 0 Å². The summed E-state index contributed by atoms with van der Waals surface area (Å²) in [4.78, 5) is 0.194. The van der Waals surface area contributed by atoms with Crippen LogP contribution in [0.15, 0.2) is 24.3 Å². The van der Waals surface area contributed by atoms with Crippen LogP contribution in [0.3, 0.4) is 0 Å². The fourth-order valence-corrected chi connectivity index (χ4v) is 3.34. The first-order valence-corrected chi connectivity index (χ1v) is 7.14. The Morgan fingerprint density at radius 3 is 2.28 bits per heavy atom. The molecule has 0 saturated heterocycles. The number of halogens is 4. The lowest BCUT2D eigenvalue weighted by atomic mass is 9.83. The Morgan fingerprint density at radius 1 is 1.17 bits per heavy atom. The minimum Gasteiger partial charge on any atom is -0.207 e. The van der Waals surface area contributed by atoms with Gasteiger partial charge >= 0.3 is 0 Å². The molecule has 18 heavy (non-hydrogen) atoms. The van der Waals surface area contributed by atoms with Crippen LogP contribution in [0.1, 0.15) is 31.2 Å². The third-order valence-electron chi connectivity index (χ3n) is 3.62. The largest absolute Gasteiger partial charge is 0.248 e. The number of hydrogen-bond acceptors (Lipinski definition) is 0. The molecule has 0 amide bonds. The second kappa shape index (κ2) is 5.64. The van der Waals surface area contributed by atoms with Gasteiger partial charge in [-0.05, 0) is 42.9 Å². The maximum atomic E-state index is 13.1. The first-order valence-electron chi connectivity index (χ1n) is 6.23. The van der Waals surface area contributed by atoms with Crippen molar-refractivity contribution in [1.29, 1.82) is 0 Å². The van der Waals surface area contributed by atoms with E-state index in [4.69, 9.17) is 0 Å². The highest BCUT2D eigenvalue weighted by Gasteiger charge is 2.36. The molecule has 1 aliphatic carbocycles. The molecule has 0 N–H and O–H groups in total. The molecule has 0 nitrogen and oxygen atoms in total. The summed E-state index contributed by atoms with van der Waals surface area (Å²) in [6.45, 7) is 0. The molecule has 1 aromatic carbocycles. The van der Waals surface area contributed by atoms with Crippen LogP contribution >= 0.6 is 15.9 Å². The number of rotatable bonds is 3. The Bertz CT molecular complexity index is 379. The van der Waals surface area contributed by atoms with E-state index in [1.54, 1.807) is 12.1 Å². The van der Waals surface area contributed by atoms with Crippen molar-refractivity contribution in [2.45, 2.75) is 42.9 Å². The van der Waals surface area contributed by atoms with Crippen molar-refractivity contribution in [3.8, 4) is 0 Å². The monoisotopic (exact) mass is 320 g/mol. The highest BCUT2D eigenvalue weighted by Crippen LogP contribution is 2.39. The second-order valence-electron chi connectivity index (χ2n) is 5.04. The SMILES string of the molecule is Fc1ccc(CC(Br)C2CCC(F)(F)CC2)cc1. The summed E-state index contributed by atoms with van der Waals surface area (Å²) in [5, 5.41) is 0. The van der Waals surface area contributed by atoms with Crippen molar-refractivity contribution >= 4 is 15.9 Å². The zero-order valence-electron chi connectivity index (χ0n) is 10.0. The van der Waals surface area contributed by atoms with Gasteiger partial charge < -0.3 is 0 Å². The van der Waals surface area contributed by atoms with Crippen LogP contribution in [0.25, 0.3) is 0 Å². The van der Waals surface area contributed by atoms with E-state index in [0.29, 0.717) is 12.8 Å². The molecule has 100 valence electrons. The Kier molecular flexibility index (Phi) is 4.36. The molecule has 1 fully saturated rings. The smallest absolute Gasteiger partial charge is 0.207 e. The Morgan fingerprint density at radius 2 is 1.72 bits per heavy atom. The van der Waals surface area contributed by atoms with Gasteiger partial charge in [-0.1, -0.05) is 28.1 Å². The van der Waals surface area contributed by atoms with Crippen LogP contribution in [0.4, 0.5) is 13.2 Å². The topological polar surface area (TPSA) is 0 Å². The predicted molar refractivity (Wildman–Crippen MR) is 69.7 cm³/mol. The minimum absolute atomic E-state index is 0.0107. The van der Waals surface area contributed by atoms with Crippen molar-refractivity contribution in [3.63, 3.8) is 0 Å². The molecule has 0 heterocycles. The minimum atomic E-state index is -2.47. The average Bonchev–Trinajstić information content (AvgIpc) is 2.32. The summed E-state index contributed by atoms with van der Waals surface area (Å²) in [6, 6.07) is 6.37. The molecule has 1 unspecified atom stereocenters. The van der Waals surface area contributed by atoms with Gasteiger partial charge in [-0.15, -0.1) is 0 Å². The van der Waals surface area contributed by atoms with Crippen molar-refractivity contribution < 1.29 is 13.2 Å². The van der Waals surface area contributed by atoms with Gasteiger partial charge in [0.15, 0.2) is 0 Å². The molecule has 0 aromatic heterocycles. The zero-order chi connectivity index (χ0) is 13.2. The number of benzene rings is 1. The third-order valence-corrected chi connectivity index (χ3v) is 4.69. The van der Waals surface area contributed by atoms with Crippen molar-refractivity contribution in [3.05, 3.63) is 35.6 Å². The summed E-state index contributed by atoms with van der Waals surface area (Å²) in [7, 11) is 0.